The van der Waals surface area contributed by atoms with Crippen LogP contribution in [0.4, 0.5) is 0 Å². The average Bonchev–Trinajstić information content (AvgIpc) is 3.12. The van der Waals surface area contributed by atoms with Crippen molar-refractivity contribution in [3.63, 3.8) is 0 Å². The molecule has 1 N–H and O–H groups in total. The van der Waals surface area contributed by atoms with Crippen LogP contribution in [-0.4, -0.2) is 37.8 Å². The molecule has 23 heavy (non-hydrogen) atoms. The van der Waals surface area contributed by atoms with E-state index in [9.17, 15) is 0 Å². The van der Waals surface area contributed by atoms with Gasteiger partial charge in [0.1, 0.15) is 8.24 Å². The van der Waals surface area contributed by atoms with Crippen molar-refractivity contribution in [2.24, 2.45) is 0 Å². The molecule has 0 saturated carbocycles. The summed E-state index contributed by atoms with van der Waals surface area (Å²) in [4.78, 5) is 6.99. The summed E-state index contributed by atoms with van der Waals surface area (Å²) in [6, 6.07) is 2.16. The van der Waals surface area contributed by atoms with Gasteiger partial charge in [0, 0.05) is 11.6 Å². The lowest BCUT2D eigenvalue weighted by molar-refractivity contribution is 0.266. The highest BCUT2D eigenvalue weighted by Gasteiger charge is 2.47. The molecule has 1 fully saturated rings. The zero-order valence-corrected chi connectivity index (χ0v) is 17.2. The van der Waals surface area contributed by atoms with E-state index in [1.54, 1.807) is 0 Å². The Hall–Kier alpha value is -0.123. The SMILES string of the molecule is CC[Si@](C)(NC(C)(C)C)C1CC(N2CCCC2)C2=C1CCCC2. The van der Waals surface area contributed by atoms with E-state index in [1.807, 2.05) is 11.1 Å². The predicted octanol–water partition coefficient (Wildman–Crippen LogP) is 5.08. The van der Waals surface area contributed by atoms with Crippen LogP contribution in [-0.2, 0) is 0 Å². The molecular formula is C20H38N2Si. The fourth-order valence-electron chi connectivity index (χ4n) is 5.58. The average molecular weight is 335 g/mol. The second-order valence-corrected chi connectivity index (χ2v) is 13.9. The Bertz CT molecular complexity index is 459. The third kappa shape index (κ3) is 3.62. The summed E-state index contributed by atoms with van der Waals surface area (Å²) in [5, 5.41) is 0. The van der Waals surface area contributed by atoms with Crippen molar-refractivity contribution in [3.8, 4) is 0 Å². The lowest BCUT2D eigenvalue weighted by Gasteiger charge is -2.41. The number of nitrogens with zero attached hydrogens (tertiary/aromatic N) is 1. The molecule has 3 atom stereocenters. The van der Waals surface area contributed by atoms with Crippen LogP contribution in [0.2, 0.25) is 18.1 Å². The van der Waals surface area contributed by atoms with Gasteiger partial charge >= 0.3 is 0 Å². The van der Waals surface area contributed by atoms with Gasteiger partial charge < -0.3 is 4.98 Å². The minimum absolute atomic E-state index is 0.248. The van der Waals surface area contributed by atoms with Crippen LogP contribution in [0, 0.1) is 0 Å². The van der Waals surface area contributed by atoms with Gasteiger partial charge in [-0.1, -0.05) is 24.6 Å². The van der Waals surface area contributed by atoms with Gasteiger partial charge in [-0.25, -0.2) is 0 Å². The van der Waals surface area contributed by atoms with Crippen LogP contribution in [0.3, 0.4) is 0 Å². The van der Waals surface area contributed by atoms with E-state index in [2.05, 4.69) is 44.1 Å². The van der Waals surface area contributed by atoms with Gasteiger partial charge in [-0.3, -0.25) is 4.90 Å². The van der Waals surface area contributed by atoms with E-state index in [4.69, 9.17) is 0 Å². The second kappa shape index (κ2) is 6.65. The largest absolute Gasteiger partial charge is 0.332 e. The van der Waals surface area contributed by atoms with Gasteiger partial charge in [-0.05, 0) is 90.4 Å². The van der Waals surface area contributed by atoms with Crippen LogP contribution < -0.4 is 4.98 Å². The summed E-state index contributed by atoms with van der Waals surface area (Å²) in [7, 11) is -1.46. The molecule has 2 unspecified atom stereocenters. The first-order valence-electron chi connectivity index (χ1n) is 10.1. The van der Waals surface area contributed by atoms with Gasteiger partial charge in [0.15, 0.2) is 0 Å². The molecule has 0 radical (unpaired) electrons. The summed E-state index contributed by atoms with van der Waals surface area (Å²) in [6.45, 7) is 14.9. The highest BCUT2D eigenvalue weighted by Crippen LogP contribution is 2.51. The van der Waals surface area contributed by atoms with Crippen LogP contribution in [0.15, 0.2) is 11.1 Å². The van der Waals surface area contributed by atoms with E-state index >= 15 is 0 Å². The van der Waals surface area contributed by atoms with Crippen molar-refractivity contribution in [1.82, 2.24) is 9.88 Å². The van der Waals surface area contributed by atoms with E-state index in [0.29, 0.717) is 0 Å². The van der Waals surface area contributed by atoms with Crippen molar-refractivity contribution in [1.29, 1.82) is 0 Å². The molecule has 2 aliphatic carbocycles. The molecule has 0 aromatic carbocycles. The molecule has 0 aromatic heterocycles. The molecule has 3 aliphatic rings. The Balaban J connectivity index is 1.88. The van der Waals surface area contributed by atoms with Crippen molar-refractivity contribution in [3.05, 3.63) is 11.1 Å². The molecule has 0 bridgehead atoms. The summed E-state index contributed by atoms with van der Waals surface area (Å²) in [5.41, 5.74) is 4.94. The minimum atomic E-state index is -1.46. The standard InChI is InChI=1S/C20H38N2Si/c1-6-23(5,21-20(2,3)4)19-15-18(22-13-9-10-14-22)16-11-7-8-12-17(16)19/h18-19,21H,6-15H2,1-5H3/t18?,19?,23-/m0/s1. The van der Waals surface area contributed by atoms with Crippen LogP contribution in [0.5, 0.6) is 0 Å². The van der Waals surface area contributed by atoms with Gasteiger partial charge in [-0.15, -0.1) is 0 Å². The van der Waals surface area contributed by atoms with Crippen molar-refractivity contribution in [2.45, 2.75) is 102 Å². The maximum Gasteiger partial charge on any atom is 0.129 e. The fourth-order valence-corrected chi connectivity index (χ4v) is 9.98. The Morgan fingerprint density at radius 3 is 2.22 bits per heavy atom. The third-order valence-corrected chi connectivity index (χ3v) is 11.5. The quantitative estimate of drug-likeness (QED) is 0.570. The molecule has 3 rings (SSSR count). The minimum Gasteiger partial charge on any atom is -0.332 e. The molecule has 3 heteroatoms. The van der Waals surface area contributed by atoms with Gasteiger partial charge in [-0.2, -0.15) is 0 Å². The summed E-state index contributed by atoms with van der Waals surface area (Å²) >= 11 is 0. The fraction of sp³-hybridized carbons (Fsp3) is 0.900. The topological polar surface area (TPSA) is 15.3 Å². The number of hydrogen-bond acceptors (Lipinski definition) is 2. The van der Waals surface area contributed by atoms with E-state index < -0.39 is 8.24 Å². The summed E-state index contributed by atoms with van der Waals surface area (Å²) in [5.74, 6) is 0. The first-order valence-corrected chi connectivity index (χ1v) is 12.9. The van der Waals surface area contributed by atoms with Crippen molar-refractivity contribution in [2.75, 3.05) is 13.1 Å². The summed E-state index contributed by atoms with van der Waals surface area (Å²) in [6.07, 6.45) is 9.96. The highest BCUT2D eigenvalue weighted by atomic mass is 28.3. The first kappa shape index (κ1) is 17.7. The maximum atomic E-state index is 4.15. The normalized spacial score (nSPS) is 32.2. The van der Waals surface area contributed by atoms with Gasteiger partial charge in [0.25, 0.3) is 0 Å². The van der Waals surface area contributed by atoms with Crippen LogP contribution in [0.25, 0.3) is 0 Å². The highest BCUT2D eigenvalue weighted by molar-refractivity contribution is 6.78. The Morgan fingerprint density at radius 2 is 1.65 bits per heavy atom. The molecule has 0 amide bonds. The Morgan fingerprint density at radius 1 is 1.04 bits per heavy atom. The zero-order chi connectivity index (χ0) is 16.7. The maximum absolute atomic E-state index is 4.15. The first-order chi connectivity index (χ1) is 10.8. The van der Waals surface area contributed by atoms with Gasteiger partial charge in [0.2, 0.25) is 0 Å². The number of rotatable bonds is 4. The lowest BCUT2D eigenvalue weighted by Crippen LogP contribution is -2.59. The van der Waals surface area contributed by atoms with Crippen molar-refractivity contribution < 1.29 is 0 Å². The molecule has 1 saturated heterocycles. The Kier molecular flexibility index (Phi) is 5.11. The molecule has 1 aliphatic heterocycles. The molecule has 1 heterocycles. The Labute approximate surface area is 145 Å². The molecule has 0 spiro atoms. The van der Waals surface area contributed by atoms with Gasteiger partial charge in [0.05, 0.1) is 0 Å². The second-order valence-electron chi connectivity index (χ2n) is 9.45. The zero-order valence-electron chi connectivity index (χ0n) is 16.2. The van der Waals surface area contributed by atoms with E-state index in [0.717, 1.165) is 11.6 Å². The number of likely N-dealkylation sites (tertiary alicyclic amines) is 1. The monoisotopic (exact) mass is 334 g/mol. The van der Waals surface area contributed by atoms with Crippen molar-refractivity contribution >= 4 is 8.24 Å². The lowest BCUT2D eigenvalue weighted by atomic mass is 9.92. The predicted molar refractivity (Wildman–Crippen MR) is 103 cm³/mol. The summed E-state index contributed by atoms with van der Waals surface area (Å²) < 4.78 is 0. The van der Waals surface area contributed by atoms with Crippen LogP contribution in [0.1, 0.15) is 72.6 Å². The van der Waals surface area contributed by atoms with E-state index in [-0.39, 0.29) is 5.54 Å². The molecule has 0 aromatic rings. The van der Waals surface area contributed by atoms with Crippen LogP contribution >= 0.6 is 0 Å². The molecular weight excluding hydrogens is 296 g/mol. The number of hydrogen-bond donors (Lipinski definition) is 1. The number of nitrogens with one attached hydrogen (secondary N) is 1. The molecule has 132 valence electrons. The van der Waals surface area contributed by atoms with E-state index in [1.165, 1.54) is 64.1 Å². The smallest absolute Gasteiger partial charge is 0.129 e. The third-order valence-electron chi connectivity index (χ3n) is 6.58. The molecule has 2 nitrogen and oxygen atoms in total. The number of allylic oxidation sites excluding steroid dienone is 1.